The van der Waals surface area contributed by atoms with Crippen LogP contribution < -0.4 is 24.8 Å². The van der Waals surface area contributed by atoms with Crippen molar-refractivity contribution in [3.05, 3.63) is 130 Å². The average Bonchev–Trinajstić information content (AvgIpc) is 3.59. The maximum Gasteiger partial charge on any atom is -1.00 e. The van der Waals surface area contributed by atoms with E-state index in [1.165, 1.54) is 77.2 Å². The second-order valence-corrected chi connectivity index (χ2v) is 21.1. The molecule has 0 aliphatic rings. The molecule has 0 nitrogen and oxygen atoms in total. The molecule has 0 atom stereocenters. The van der Waals surface area contributed by atoms with Crippen LogP contribution in [0.1, 0.15) is 47.2 Å². The van der Waals surface area contributed by atoms with E-state index in [2.05, 4.69) is 152 Å². The largest absolute Gasteiger partial charge is 1.00 e. The minimum Gasteiger partial charge on any atom is -1.00 e. The van der Waals surface area contributed by atoms with Crippen molar-refractivity contribution in [2.75, 3.05) is 0 Å². The molecule has 0 spiro atoms. The van der Waals surface area contributed by atoms with Crippen molar-refractivity contribution in [3.8, 4) is 22.3 Å². The summed E-state index contributed by atoms with van der Waals surface area (Å²) in [5.74, 6) is 0. The number of rotatable bonds is 4. The van der Waals surface area contributed by atoms with Crippen molar-refractivity contribution in [1.29, 1.82) is 0 Å². The Hall–Kier alpha value is -2.22. The molecule has 0 unspecified atom stereocenters. The summed E-state index contributed by atoms with van der Waals surface area (Å²) in [5.41, 5.74) is 13.8. The molecule has 0 amide bonds. The molecule has 4 heteroatoms. The molecule has 0 saturated heterocycles. The van der Waals surface area contributed by atoms with Gasteiger partial charge >= 0.3 is 41.9 Å². The molecule has 0 saturated carbocycles. The quantitative estimate of drug-likeness (QED) is 0.165. The number of aryl methyl sites for hydroxylation is 6. The maximum atomic E-state index is 2.34. The molecule has 0 N–H and O–H groups in total. The van der Waals surface area contributed by atoms with Gasteiger partial charge in [-0.2, -0.15) is 12.1 Å². The van der Waals surface area contributed by atoms with Gasteiger partial charge in [-0.05, 0) is 62.8 Å². The number of halogens is 2. The minimum absolute atomic E-state index is 0. The van der Waals surface area contributed by atoms with E-state index in [-0.39, 0.29) is 30.2 Å². The normalized spacial score (nSPS) is 10.2. The van der Waals surface area contributed by atoms with E-state index >= 15 is 0 Å². The summed E-state index contributed by atoms with van der Waals surface area (Å²) in [6.07, 6.45) is 2.20. The van der Waals surface area contributed by atoms with Crippen LogP contribution in [0.5, 0.6) is 0 Å². The standard InChI is InChI=1S/2C19H19.C2H6Si.2ClH.Zr/c2*1-4-15-11-16-6-5-7-17(19(16)12-15)18-10-13(2)8-9-14(18)3;1-3-2;;;/h2*5-12H,4H2,1-3H3;1-2H3;2*1H;/q2*-1;;;;+2/p-2. The van der Waals surface area contributed by atoms with Gasteiger partial charge in [0.05, 0.1) is 0 Å². The average molecular weight is 715 g/mol. The first kappa shape index (κ1) is 38.0. The van der Waals surface area contributed by atoms with Crippen molar-refractivity contribution in [2.24, 2.45) is 0 Å². The van der Waals surface area contributed by atoms with Crippen molar-refractivity contribution < 1.29 is 48.1 Å². The molecule has 0 aliphatic carbocycles. The smallest absolute Gasteiger partial charge is 1.00 e. The van der Waals surface area contributed by atoms with Gasteiger partial charge in [0, 0.05) is 0 Å². The monoisotopic (exact) mass is 712 g/mol. The Balaban J connectivity index is 0.000000263. The van der Waals surface area contributed by atoms with Crippen LogP contribution in [-0.2, 0) is 36.2 Å². The van der Waals surface area contributed by atoms with Gasteiger partial charge in [0.1, 0.15) is 0 Å². The Morgan fingerprint density at radius 2 is 0.909 bits per heavy atom. The van der Waals surface area contributed by atoms with Crippen molar-refractivity contribution in [1.82, 2.24) is 0 Å². The van der Waals surface area contributed by atoms with E-state index in [4.69, 9.17) is 0 Å². The summed E-state index contributed by atoms with van der Waals surface area (Å²) in [5, 5.41) is 5.48. The summed E-state index contributed by atoms with van der Waals surface area (Å²) in [4.78, 5) is 0. The second-order valence-electron chi connectivity index (χ2n) is 11.7. The zero-order valence-corrected chi connectivity index (χ0v) is 32.4. The van der Waals surface area contributed by atoms with E-state index in [1.807, 2.05) is 0 Å². The van der Waals surface area contributed by atoms with E-state index in [9.17, 15) is 0 Å². The third kappa shape index (κ3) is 9.40. The van der Waals surface area contributed by atoms with Crippen LogP contribution in [0.2, 0.25) is 13.1 Å². The van der Waals surface area contributed by atoms with Crippen molar-refractivity contribution in [2.45, 2.75) is 67.5 Å². The molecule has 0 aromatic heterocycles. The van der Waals surface area contributed by atoms with Crippen LogP contribution in [0, 0.1) is 27.7 Å². The molecular weight excluding hydrogens is 671 g/mol. The molecule has 0 heterocycles. The van der Waals surface area contributed by atoms with Crippen LogP contribution in [-0.4, -0.2) is 5.43 Å². The van der Waals surface area contributed by atoms with Crippen LogP contribution >= 0.6 is 0 Å². The van der Waals surface area contributed by atoms with Gasteiger partial charge in [0.15, 0.2) is 0 Å². The van der Waals surface area contributed by atoms with Gasteiger partial charge in [-0.15, -0.1) is 69.1 Å². The first-order valence-electron chi connectivity index (χ1n) is 15.1. The topological polar surface area (TPSA) is 0 Å². The molecular formula is C40H44Cl2SiZr-2. The fraction of sp³-hybridized carbons (Fsp3) is 0.250. The number of hydrogen-bond donors (Lipinski definition) is 0. The molecule has 0 aliphatic heterocycles. The van der Waals surface area contributed by atoms with Crippen molar-refractivity contribution in [3.63, 3.8) is 0 Å². The first-order chi connectivity index (χ1) is 20.1. The summed E-state index contributed by atoms with van der Waals surface area (Å²) in [7, 11) is 0. The second kappa shape index (κ2) is 17.5. The summed E-state index contributed by atoms with van der Waals surface area (Å²) < 4.78 is 0. The maximum absolute atomic E-state index is 2.34. The molecule has 0 radical (unpaired) electrons. The Labute approximate surface area is 293 Å². The first-order valence-corrected chi connectivity index (χ1v) is 21.3. The predicted octanol–water partition coefficient (Wildman–Crippen LogP) is 5.60. The van der Waals surface area contributed by atoms with Gasteiger partial charge in [-0.3, -0.25) is 0 Å². The van der Waals surface area contributed by atoms with Gasteiger partial charge in [0.25, 0.3) is 0 Å². The third-order valence-corrected chi connectivity index (χ3v) is 7.80. The Morgan fingerprint density at radius 1 is 0.545 bits per heavy atom. The van der Waals surface area contributed by atoms with E-state index in [1.54, 1.807) is 23.3 Å². The van der Waals surface area contributed by atoms with Gasteiger partial charge in [-0.25, -0.2) is 0 Å². The van der Waals surface area contributed by atoms with E-state index in [0.29, 0.717) is 0 Å². The fourth-order valence-corrected chi connectivity index (χ4v) is 5.52. The Kier molecular flexibility index (Phi) is 15.1. The minimum atomic E-state index is 0. The Morgan fingerprint density at radius 3 is 1.25 bits per heavy atom. The third-order valence-electron chi connectivity index (χ3n) is 7.80. The molecule has 6 aromatic rings. The number of hydrogen-bond acceptors (Lipinski definition) is 0. The van der Waals surface area contributed by atoms with Crippen LogP contribution in [0.3, 0.4) is 0 Å². The van der Waals surface area contributed by atoms with Gasteiger partial charge < -0.3 is 24.8 Å². The number of benzene rings is 4. The van der Waals surface area contributed by atoms with Crippen molar-refractivity contribution >= 4 is 27.0 Å². The molecule has 6 rings (SSSR count). The predicted molar refractivity (Wildman–Crippen MR) is 185 cm³/mol. The Bertz CT molecular complexity index is 1710. The van der Waals surface area contributed by atoms with E-state index < -0.39 is 0 Å². The molecule has 0 bridgehead atoms. The zero-order chi connectivity index (χ0) is 30.4. The zero-order valence-electron chi connectivity index (χ0n) is 27.4. The van der Waals surface area contributed by atoms with Gasteiger partial charge in [0.2, 0.25) is 0 Å². The van der Waals surface area contributed by atoms with E-state index in [0.717, 1.165) is 12.8 Å². The van der Waals surface area contributed by atoms with Gasteiger partial charge in [-0.1, -0.05) is 84.6 Å². The summed E-state index contributed by atoms with van der Waals surface area (Å²) in [6, 6.07) is 35.9. The molecule has 44 heavy (non-hydrogen) atoms. The van der Waals surface area contributed by atoms with Crippen LogP contribution in [0.25, 0.3) is 43.8 Å². The number of fused-ring (bicyclic) bond motifs is 2. The SMILES string of the molecule is CCc1cc2c(-c3cc(C)ccc3C)cccc2[cH-]1.CCc1cc2c(-c3cc(C)ccc3C)cccc2[cH-]1.C[Si](C)=[Zr+2].[Cl-].[Cl-]. The molecule has 228 valence electrons. The van der Waals surface area contributed by atoms with Crippen LogP contribution in [0.4, 0.5) is 0 Å². The summed E-state index contributed by atoms with van der Waals surface area (Å²) >= 11 is 1.74. The summed E-state index contributed by atoms with van der Waals surface area (Å²) in [6.45, 7) is 17.7. The molecule has 6 aromatic carbocycles. The van der Waals surface area contributed by atoms with Crippen LogP contribution in [0.15, 0.2) is 97.1 Å². The molecule has 0 fully saturated rings. The fourth-order valence-electron chi connectivity index (χ4n) is 5.52.